The second-order valence-corrected chi connectivity index (χ2v) is 4.89. The Bertz CT molecular complexity index is 379. The molecule has 2 aliphatic rings. The van der Waals surface area contributed by atoms with Crippen LogP contribution in [0.2, 0.25) is 0 Å². The van der Waals surface area contributed by atoms with Gasteiger partial charge < -0.3 is 10.0 Å². The fraction of sp³-hybridized carbons (Fsp3) is 0.400. The molecule has 1 amide bonds. The molecule has 1 N–H and O–H groups in total. The van der Waals surface area contributed by atoms with Crippen molar-refractivity contribution in [1.82, 2.24) is 4.90 Å². The van der Waals surface area contributed by atoms with E-state index in [2.05, 4.69) is 13.2 Å². The van der Waals surface area contributed by atoms with E-state index in [0.717, 1.165) is 0 Å². The minimum atomic E-state index is -1.26. The van der Waals surface area contributed by atoms with Gasteiger partial charge in [0.25, 0.3) is 0 Å². The lowest BCUT2D eigenvalue weighted by atomic mass is 9.89. The Morgan fingerprint density at radius 1 is 1.80 bits per heavy atom. The zero-order valence-electron chi connectivity index (χ0n) is 8.10. The number of fused-ring (bicyclic) bond motifs is 1. The van der Waals surface area contributed by atoms with E-state index in [0.29, 0.717) is 11.3 Å². The first-order chi connectivity index (χ1) is 7.04. The van der Waals surface area contributed by atoms with Crippen molar-refractivity contribution in [3.8, 4) is 0 Å². The number of thioether (sulfide) groups is 1. The van der Waals surface area contributed by atoms with Gasteiger partial charge in [-0.3, -0.25) is 4.79 Å². The van der Waals surface area contributed by atoms with E-state index in [1.165, 1.54) is 22.7 Å². The summed E-state index contributed by atoms with van der Waals surface area (Å²) in [6.07, 6.45) is 2.15. The van der Waals surface area contributed by atoms with Crippen LogP contribution in [-0.4, -0.2) is 32.8 Å². The molecule has 0 saturated carbocycles. The number of carboxylic acids is 1. The fourth-order valence-corrected chi connectivity index (χ4v) is 3.49. The Kier molecular flexibility index (Phi) is 2.15. The first-order valence-electron chi connectivity index (χ1n) is 4.56. The molecule has 2 aliphatic heterocycles. The van der Waals surface area contributed by atoms with Gasteiger partial charge in [-0.25, -0.2) is 4.79 Å². The molecule has 0 aromatic carbocycles. The van der Waals surface area contributed by atoms with Gasteiger partial charge in [0, 0.05) is 11.3 Å². The summed E-state index contributed by atoms with van der Waals surface area (Å²) in [6.45, 7) is 7.31. The van der Waals surface area contributed by atoms with E-state index in [1.54, 1.807) is 0 Å². The van der Waals surface area contributed by atoms with Crippen molar-refractivity contribution in [2.75, 3.05) is 0 Å². The number of amides is 1. The molecule has 0 aromatic heterocycles. The smallest absolute Gasteiger partial charge is 0.335 e. The number of hydrogen-bond acceptors (Lipinski definition) is 3. The summed E-state index contributed by atoms with van der Waals surface area (Å²) >= 11 is 1.38. The molecule has 15 heavy (non-hydrogen) atoms. The van der Waals surface area contributed by atoms with Crippen LogP contribution in [0.1, 0.15) is 12.8 Å². The molecule has 0 radical (unpaired) electrons. The third kappa shape index (κ3) is 1.10. The molecule has 0 aromatic rings. The molecule has 2 rings (SSSR count). The molecule has 80 valence electrons. The summed E-state index contributed by atoms with van der Waals surface area (Å²) in [6, 6.07) is 0. The lowest BCUT2D eigenvalue weighted by Crippen LogP contribution is -2.62. The highest BCUT2D eigenvalue weighted by atomic mass is 32.2. The van der Waals surface area contributed by atoms with Crippen LogP contribution in [0.25, 0.3) is 0 Å². The van der Waals surface area contributed by atoms with E-state index in [9.17, 15) is 14.7 Å². The maximum Gasteiger partial charge on any atom is 0.335 e. The summed E-state index contributed by atoms with van der Waals surface area (Å²) < 4.78 is 0. The summed E-state index contributed by atoms with van der Waals surface area (Å²) in [5.74, 6) is -1.13. The molecule has 2 atom stereocenters. The third-order valence-corrected chi connectivity index (χ3v) is 4.12. The molecule has 2 saturated heterocycles. The first kappa shape index (κ1) is 10.3. The number of rotatable bonds is 3. The van der Waals surface area contributed by atoms with Crippen molar-refractivity contribution in [2.24, 2.45) is 0 Å². The molecular weight excluding hydrogens is 214 g/mol. The van der Waals surface area contributed by atoms with Crippen molar-refractivity contribution in [3.63, 3.8) is 0 Å². The predicted molar refractivity (Wildman–Crippen MR) is 57.2 cm³/mol. The van der Waals surface area contributed by atoms with Gasteiger partial charge in [-0.1, -0.05) is 12.7 Å². The lowest BCUT2D eigenvalue weighted by molar-refractivity contribution is -0.162. The van der Waals surface area contributed by atoms with Gasteiger partial charge in [-0.2, -0.15) is 0 Å². The van der Waals surface area contributed by atoms with E-state index in [1.807, 2.05) is 0 Å². The number of aliphatic carboxylic acids is 1. The van der Waals surface area contributed by atoms with Gasteiger partial charge in [0.2, 0.25) is 5.91 Å². The summed E-state index contributed by atoms with van der Waals surface area (Å²) in [5.41, 5.74) is -1.26. The zero-order chi connectivity index (χ0) is 11.2. The largest absolute Gasteiger partial charge is 0.479 e. The van der Waals surface area contributed by atoms with Crippen molar-refractivity contribution >= 4 is 23.6 Å². The molecule has 0 bridgehead atoms. The van der Waals surface area contributed by atoms with Gasteiger partial charge in [0.1, 0.15) is 0 Å². The quantitative estimate of drug-likeness (QED) is 0.579. The standard InChI is InChI=1S/C10H11NO3S/c1-3-4-10(9(13)14)6(2)15-8-5-7(12)11(8)10/h3,8H,1-2,4-5H2,(H,13,14)/t8-,10?/m1/s1. The topological polar surface area (TPSA) is 57.6 Å². The summed E-state index contributed by atoms with van der Waals surface area (Å²) in [7, 11) is 0. The van der Waals surface area contributed by atoms with Crippen LogP contribution in [0.3, 0.4) is 0 Å². The maximum atomic E-state index is 11.4. The number of β-lactam (4-membered cyclic amide) rings is 1. The van der Waals surface area contributed by atoms with Crippen LogP contribution in [0, 0.1) is 0 Å². The highest BCUT2D eigenvalue weighted by molar-refractivity contribution is 8.04. The number of carbonyl (C=O) groups is 2. The number of carbonyl (C=O) groups excluding carboxylic acids is 1. The minimum absolute atomic E-state index is 0.0407. The monoisotopic (exact) mass is 225 g/mol. The van der Waals surface area contributed by atoms with Crippen molar-refractivity contribution in [2.45, 2.75) is 23.8 Å². The van der Waals surface area contributed by atoms with Crippen LogP contribution in [0.4, 0.5) is 0 Å². The van der Waals surface area contributed by atoms with Crippen molar-refractivity contribution < 1.29 is 14.7 Å². The average Bonchev–Trinajstić information content (AvgIpc) is 2.36. The zero-order valence-corrected chi connectivity index (χ0v) is 8.92. The van der Waals surface area contributed by atoms with E-state index in [-0.39, 0.29) is 17.7 Å². The molecule has 2 heterocycles. The molecule has 0 spiro atoms. The minimum Gasteiger partial charge on any atom is -0.479 e. The Morgan fingerprint density at radius 3 is 2.93 bits per heavy atom. The van der Waals surface area contributed by atoms with Gasteiger partial charge in [0.05, 0.1) is 11.8 Å². The number of carboxylic acid groups (broad SMARTS) is 1. The lowest BCUT2D eigenvalue weighted by Gasteiger charge is -2.42. The van der Waals surface area contributed by atoms with Gasteiger partial charge >= 0.3 is 5.97 Å². The van der Waals surface area contributed by atoms with Crippen molar-refractivity contribution in [3.05, 3.63) is 24.1 Å². The van der Waals surface area contributed by atoms with Crippen LogP contribution in [0.15, 0.2) is 24.1 Å². The molecule has 0 aliphatic carbocycles. The summed E-state index contributed by atoms with van der Waals surface area (Å²) in [4.78, 5) is 24.7. The average molecular weight is 225 g/mol. The summed E-state index contributed by atoms with van der Waals surface area (Å²) in [5, 5.41) is 9.25. The SMILES string of the molecule is C=CCC1(C(=O)O)C(=C)S[C@@H]2CC(=O)N21. The predicted octanol–water partition coefficient (Wildman–Crippen LogP) is 1.20. The van der Waals surface area contributed by atoms with Gasteiger partial charge in [-0.05, 0) is 0 Å². The number of nitrogens with zero attached hydrogens (tertiary/aromatic N) is 1. The van der Waals surface area contributed by atoms with E-state index >= 15 is 0 Å². The first-order valence-corrected chi connectivity index (χ1v) is 5.44. The molecular formula is C10H11NO3S. The highest BCUT2D eigenvalue weighted by Gasteiger charge is 2.61. The highest BCUT2D eigenvalue weighted by Crippen LogP contribution is 2.53. The van der Waals surface area contributed by atoms with Crippen LogP contribution < -0.4 is 0 Å². The second-order valence-electron chi connectivity index (χ2n) is 3.62. The van der Waals surface area contributed by atoms with E-state index < -0.39 is 11.5 Å². The van der Waals surface area contributed by atoms with E-state index in [4.69, 9.17) is 0 Å². The number of hydrogen-bond donors (Lipinski definition) is 1. The Hall–Kier alpha value is -1.23. The van der Waals surface area contributed by atoms with Crippen LogP contribution >= 0.6 is 11.8 Å². The molecule has 4 nitrogen and oxygen atoms in total. The second kappa shape index (κ2) is 3.13. The van der Waals surface area contributed by atoms with Crippen molar-refractivity contribution in [1.29, 1.82) is 0 Å². The Labute approximate surface area is 91.6 Å². The van der Waals surface area contributed by atoms with Gasteiger partial charge in [-0.15, -0.1) is 18.3 Å². The molecule has 5 heteroatoms. The Morgan fingerprint density at radius 2 is 2.47 bits per heavy atom. The molecule has 2 fully saturated rings. The maximum absolute atomic E-state index is 11.4. The normalized spacial score (nSPS) is 33.6. The van der Waals surface area contributed by atoms with Crippen LogP contribution in [-0.2, 0) is 9.59 Å². The van der Waals surface area contributed by atoms with Crippen LogP contribution in [0.5, 0.6) is 0 Å². The third-order valence-electron chi connectivity index (χ3n) is 2.85. The fourth-order valence-electron chi connectivity index (χ4n) is 2.07. The Balaban J connectivity index is 2.44. The molecule has 1 unspecified atom stereocenters. The van der Waals surface area contributed by atoms with Gasteiger partial charge in [0.15, 0.2) is 5.54 Å².